The Morgan fingerprint density at radius 2 is 1.82 bits per heavy atom. The largest absolute Gasteiger partial charge is 0.495 e. The SMILES string of the molecule is COc1c(S(=O)(=O)c2ccccc2)cnc2cc(Cl)ccc12. The summed E-state index contributed by atoms with van der Waals surface area (Å²) in [6.07, 6.45) is 1.31. The van der Waals surface area contributed by atoms with Gasteiger partial charge in [0, 0.05) is 10.4 Å². The second kappa shape index (κ2) is 5.59. The van der Waals surface area contributed by atoms with Crippen LogP contribution < -0.4 is 4.74 Å². The van der Waals surface area contributed by atoms with Crippen LogP contribution >= 0.6 is 11.6 Å². The van der Waals surface area contributed by atoms with Gasteiger partial charge in [-0.15, -0.1) is 0 Å². The molecule has 0 fully saturated rings. The molecule has 0 unspecified atom stereocenters. The Morgan fingerprint density at radius 1 is 1.09 bits per heavy atom. The molecule has 0 atom stereocenters. The molecular formula is C16H12ClNO3S. The monoisotopic (exact) mass is 333 g/mol. The van der Waals surface area contributed by atoms with E-state index in [1.165, 1.54) is 13.3 Å². The van der Waals surface area contributed by atoms with Gasteiger partial charge in [0.1, 0.15) is 10.6 Å². The molecule has 0 aliphatic rings. The van der Waals surface area contributed by atoms with Gasteiger partial charge < -0.3 is 4.74 Å². The van der Waals surface area contributed by atoms with Gasteiger partial charge in [0.05, 0.1) is 23.7 Å². The van der Waals surface area contributed by atoms with E-state index in [0.717, 1.165) is 0 Å². The number of halogens is 1. The molecule has 1 heterocycles. The maximum Gasteiger partial charge on any atom is 0.211 e. The number of benzene rings is 2. The Morgan fingerprint density at radius 3 is 2.50 bits per heavy atom. The fourth-order valence-electron chi connectivity index (χ4n) is 2.25. The fraction of sp³-hybridized carbons (Fsp3) is 0.0625. The number of fused-ring (bicyclic) bond motifs is 1. The first-order valence-corrected chi connectivity index (χ1v) is 8.32. The third-order valence-electron chi connectivity index (χ3n) is 3.30. The van der Waals surface area contributed by atoms with Crippen molar-refractivity contribution in [1.29, 1.82) is 0 Å². The van der Waals surface area contributed by atoms with E-state index in [1.54, 1.807) is 48.5 Å². The van der Waals surface area contributed by atoms with Crippen molar-refractivity contribution in [3.63, 3.8) is 0 Å². The van der Waals surface area contributed by atoms with Crippen molar-refractivity contribution >= 4 is 32.3 Å². The first kappa shape index (κ1) is 14.8. The summed E-state index contributed by atoms with van der Waals surface area (Å²) < 4.78 is 30.9. The van der Waals surface area contributed by atoms with Crippen LogP contribution in [-0.4, -0.2) is 20.5 Å². The van der Waals surface area contributed by atoms with E-state index >= 15 is 0 Å². The zero-order valence-electron chi connectivity index (χ0n) is 11.7. The van der Waals surface area contributed by atoms with E-state index in [4.69, 9.17) is 16.3 Å². The first-order chi connectivity index (χ1) is 10.5. The summed E-state index contributed by atoms with van der Waals surface area (Å²) in [5.41, 5.74) is 0.580. The maximum absolute atomic E-state index is 12.8. The van der Waals surface area contributed by atoms with Crippen LogP contribution in [0.1, 0.15) is 0 Å². The average molecular weight is 334 g/mol. The van der Waals surface area contributed by atoms with Crippen molar-refractivity contribution < 1.29 is 13.2 Å². The van der Waals surface area contributed by atoms with Gasteiger partial charge in [0.2, 0.25) is 9.84 Å². The molecule has 1 aromatic heterocycles. The Balaban J connectivity index is 2.30. The van der Waals surface area contributed by atoms with Gasteiger partial charge in [0.15, 0.2) is 0 Å². The van der Waals surface area contributed by atoms with E-state index in [2.05, 4.69) is 4.98 Å². The summed E-state index contributed by atoms with van der Waals surface area (Å²) >= 11 is 5.94. The highest BCUT2D eigenvalue weighted by Crippen LogP contribution is 2.35. The van der Waals surface area contributed by atoms with Crippen molar-refractivity contribution in [3.05, 3.63) is 59.8 Å². The van der Waals surface area contributed by atoms with Gasteiger partial charge in [-0.05, 0) is 30.3 Å². The minimum absolute atomic E-state index is 0.0380. The van der Waals surface area contributed by atoms with Crippen LogP contribution in [0.2, 0.25) is 5.02 Å². The van der Waals surface area contributed by atoms with Gasteiger partial charge in [-0.2, -0.15) is 0 Å². The van der Waals surface area contributed by atoms with E-state index in [1.807, 2.05) is 0 Å². The Kier molecular flexibility index (Phi) is 3.76. The number of ether oxygens (including phenoxy) is 1. The summed E-state index contributed by atoms with van der Waals surface area (Å²) in [5, 5.41) is 1.13. The number of hydrogen-bond acceptors (Lipinski definition) is 4. The van der Waals surface area contributed by atoms with Crippen LogP contribution in [-0.2, 0) is 9.84 Å². The summed E-state index contributed by atoms with van der Waals surface area (Å²) in [4.78, 5) is 4.43. The molecule has 3 rings (SSSR count). The topological polar surface area (TPSA) is 56.3 Å². The summed E-state index contributed by atoms with van der Waals surface area (Å²) in [6, 6.07) is 13.2. The van der Waals surface area contributed by atoms with Crippen LogP contribution in [0.25, 0.3) is 10.9 Å². The summed E-state index contributed by atoms with van der Waals surface area (Å²) in [5.74, 6) is 0.269. The van der Waals surface area contributed by atoms with Crippen LogP contribution in [0, 0.1) is 0 Å². The van der Waals surface area contributed by atoms with Gasteiger partial charge in [-0.1, -0.05) is 29.8 Å². The van der Waals surface area contributed by atoms with Crippen LogP contribution in [0.5, 0.6) is 5.75 Å². The molecule has 6 heteroatoms. The normalized spacial score (nSPS) is 11.5. The highest BCUT2D eigenvalue weighted by Gasteiger charge is 2.24. The number of methoxy groups -OCH3 is 1. The molecule has 4 nitrogen and oxygen atoms in total. The third kappa shape index (κ3) is 2.42. The molecule has 0 spiro atoms. The summed E-state index contributed by atoms with van der Waals surface area (Å²) in [6.45, 7) is 0. The van der Waals surface area contributed by atoms with E-state index in [0.29, 0.717) is 15.9 Å². The number of nitrogens with zero attached hydrogens (tertiary/aromatic N) is 1. The number of hydrogen-bond donors (Lipinski definition) is 0. The number of rotatable bonds is 3. The minimum atomic E-state index is -3.70. The van der Waals surface area contributed by atoms with Crippen molar-refractivity contribution in [2.75, 3.05) is 7.11 Å². The quantitative estimate of drug-likeness (QED) is 0.733. The first-order valence-electron chi connectivity index (χ1n) is 6.46. The average Bonchev–Trinajstić information content (AvgIpc) is 2.54. The van der Waals surface area contributed by atoms with Gasteiger partial charge in [0.25, 0.3) is 0 Å². The number of sulfone groups is 1. The van der Waals surface area contributed by atoms with E-state index in [-0.39, 0.29) is 15.5 Å². The van der Waals surface area contributed by atoms with Gasteiger partial charge >= 0.3 is 0 Å². The summed E-state index contributed by atoms with van der Waals surface area (Å²) in [7, 11) is -2.27. The smallest absolute Gasteiger partial charge is 0.211 e. The molecule has 0 N–H and O–H groups in total. The molecule has 0 aliphatic heterocycles. The van der Waals surface area contributed by atoms with Crippen molar-refractivity contribution in [1.82, 2.24) is 4.98 Å². The lowest BCUT2D eigenvalue weighted by Crippen LogP contribution is -2.05. The van der Waals surface area contributed by atoms with Crippen molar-refractivity contribution in [2.24, 2.45) is 0 Å². The molecule has 0 aliphatic carbocycles. The zero-order chi connectivity index (χ0) is 15.7. The molecular weight excluding hydrogens is 322 g/mol. The second-order valence-electron chi connectivity index (χ2n) is 4.63. The molecule has 2 aromatic carbocycles. The van der Waals surface area contributed by atoms with E-state index < -0.39 is 9.84 Å². The molecule has 0 radical (unpaired) electrons. The van der Waals surface area contributed by atoms with Gasteiger partial charge in [-0.25, -0.2) is 8.42 Å². The maximum atomic E-state index is 12.8. The predicted molar refractivity (Wildman–Crippen MR) is 85.2 cm³/mol. The molecule has 0 bridgehead atoms. The minimum Gasteiger partial charge on any atom is -0.495 e. The number of pyridine rings is 1. The highest BCUT2D eigenvalue weighted by atomic mass is 35.5. The second-order valence-corrected chi connectivity index (χ2v) is 6.99. The predicted octanol–water partition coefficient (Wildman–Crippen LogP) is 3.73. The molecule has 112 valence electrons. The van der Waals surface area contributed by atoms with Crippen LogP contribution in [0.3, 0.4) is 0 Å². The lowest BCUT2D eigenvalue weighted by Gasteiger charge is -2.12. The molecule has 0 saturated heterocycles. The highest BCUT2D eigenvalue weighted by molar-refractivity contribution is 7.91. The van der Waals surface area contributed by atoms with E-state index in [9.17, 15) is 8.42 Å². The van der Waals surface area contributed by atoms with Crippen LogP contribution in [0.4, 0.5) is 0 Å². The van der Waals surface area contributed by atoms with Crippen molar-refractivity contribution in [3.8, 4) is 5.75 Å². The Labute approximate surface area is 133 Å². The lowest BCUT2D eigenvalue weighted by atomic mass is 10.2. The Bertz CT molecular complexity index is 940. The fourth-order valence-corrected chi connectivity index (χ4v) is 3.82. The molecule has 3 aromatic rings. The number of aromatic nitrogens is 1. The Hall–Kier alpha value is -2.11. The van der Waals surface area contributed by atoms with Gasteiger partial charge in [-0.3, -0.25) is 4.98 Å². The standard InChI is InChI=1S/C16H12ClNO3S/c1-21-16-13-8-7-11(17)9-14(13)18-10-15(16)22(19,20)12-5-3-2-4-6-12/h2-10H,1H3. The zero-order valence-corrected chi connectivity index (χ0v) is 13.2. The van der Waals surface area contributed by atoms with Crippen molar-refractivity contribution in [2.45, 2.75) is 9.79 Å². The molecule has 0 amide bonds. The molecule has 0 saturated carbocycles. The van der Waals surface area contributed by atoms with Crippen LogP contribution in [0.15, 0.2) is 64.5 Å². The molecule has 22 heavy (non-hydrogen) atoms. The lowest BCUT2D eigenvalue weighted by molar-refractivity contribution is 0.407. The third-order valence-corrected chi connectivity index (χ3v) is 5.29.